The molecule has 0 bridgehead atoms. The number of rotatable bonds is 7. The Hall–Kier alpha value is -2.25. The third-order valence-electron chi connectivity index (χ3n) is 3.30. The predicted molar refractivity (Wildman–Crippen MR) is 87.5 cm³/mol. The summed E-state index contributed by atoms with van der Waals surface area (Å²) in [5.41, 5.74) is 0.331. The zero-order chi connectivity index (χ0) is 17.6. The summed E-state index contributed by atoms with van der Waals surface area (Å²) in [6, 6.07) is 14.3. The van der Waals surface area contributed by atoms with Gasteiger partial charge in [0.1, 0.15) is 0 Å². The van der Waals surface area contributed by atoms with E-state index in [1.165, 1.54) is 12.1 Å². The molecule has 0 saturated carbocycles. The van der Waals surface area contributed by atoms with Gasteiger partial charge in [-0.15, -0.1) is 0 Å². The normalized spacial score (nSPS) is 13.9. The quantitative estimate of drug-likeness (QED) is 0.778. The van der Waals surface area contributed by atoms with Crippen molar-refractivity contribution < 1.29 is 22.3 Å². The average Bonchev–Trinajstić information content (AvgIpc) is 2.61. The first-order valence-electron chi connectivity index (χ1n) is 7.38. The van der Waals surface area contributed by atoms with E-state index >= 15 is 0 Å². The number of carbonyl (C=O) groups excluding carboxylic acids is 1. The van der Waals surface area contributed by atoms with Crippen LogP contribution in [-0.2, 0) is 19.6 Å². The van der Waals surface area contributed by atoms with E-state index < -0.39 is 28.2 Å². The SMILES string of the molecule is CCOC(=O)[C@@H](F)[C@H](NS(=O)(=O)c1ccccc1)c1ccccc1. The molecular formula is C17H18FNO4S. The van der Waals surface area contributed by atoms with E-state index in [0.717, 1.165) is 0 Å². The molecule has 1 N–H and O–H groups in total. The Kier molecular flexibility index (Phi) is 6.05. The average molecular weight is 351 g/mol. The molecule has 7 heteroatoms. The van der Waals surface area contributed by atoms with Crippen molar-refractivity contribution in [3.63, 3.8) is 0 Å². The number of carbonyl (C=O) groups is 1. The Morgan fingerprint density at radius 1 is 1.08 bits per heavy atom. The first-order chi connectivity index (χ1) is 11.5. The van der Waals surface area contributed by atoms with Crippen LogP contribution in [0.3, 0.4) is 0 Å². The summed E-state index contributed by atoms with van der Waals surface area (Å²) in [6.45, 7) is 1.56. The van der Waals surface area contributed by atoms with Gasteiger partial charge in [-0.1, -0.05) is 48.5 Å². The Balaban J connectivity index is 2.35. The second-order valence-corrected chi connectivity index (χ2v) is 6.69. The van der Waals surface area contributed by atoms with Crippen LogP contribution < -0.4 is 4.72 Å². The highest BCUT2D eigenvalue weighted by Gasteiger charge is 2.34. The highest BCUT2D eigenvalue weighted by Crippen LogP contribution is 2.23. The van der Waals surface area contributed by atoms with Crippen molar-refractivity contribution in [2.45, 2.75) is 24.0 Å². The van der Waals surface area contributed by atoms with Gasteiger partial charge in [0, 0.05) is 0 Å². The molecule has 0 aliphatic rings. The number of halogens is 1. The summed E-state index contributed by atoms with van der Waals surface area (Å²) in [6.07, 6.45) is -2.16. The van der Waals surface area contributed by atoms with E-state index in [0.29, 0.717) is 5.56 Å². The van der Waals surface area contributed by atoms with Gasteiger partial charge in [-0.2, -0.15) is 0 Å². The van der Waals surface area contributed by atoms with Gasteiger partial charge >= 0.3 is 5.97 Å². The fraction of sp³-hybridized carbons (Fsp3) is 0.235. The fourth-order valence-corrected chi connectivity index (χ4v) is 3.39. The van der Waals surface area contributed by atoms with E-state index in [1.54, 1.807) is 55.5 Å². The monoisotopic (exact) mass is 351 g/mol. The molecule has 0 aromatic heterocycles. The van der Waals surface area contributed by atoms with Crippen molar-refractivity contribution in [2.75, 3.05) is 6.61 Å². The molecule has 0 unspecified atom stereocenters. The molecule has 0 aliphatic heterocycles. The summed E-state index contributed by atoms with van der Waals surface area (Å²) >= 11 is 0. The van der Waals surface area contributed by atoms with Crippen molar-refractivity contribution in [2.24, 2.45) is 0 Å². The molecule has 0 saturated heterocycles. The zero-order valence-corrected chi connectivity index (χ0v) is 13.9. The third-order valence-corrected chi connectivity index (χ3v) is 4.76. The molecule has 2 rings (SSSR count). The Labute approximate surface area is 140 Å². The summed E-state index contributed by atoms with van der Waals surface area (Å²) < 4.78 is 46.5. The Morgan fingerprint density at radius 2 is 1.62 bits per heavy atom. The van der Waals surface area contributed by atoms with E-state index in [9.17, 15) is 17.6 Å². The van der Waals surface area contributed by atoms with E-state index in [1.807, 2.05) is 0 Å². The van der Waals surface area contributed by atoms with Crippen molar-refractivity contribution in [1.82, 2.24) is 4.72 Å². The van der Waals surface area contributed by atoms with Gasteiger partial charge in [-0.05, 0) is 24.6 Å². The van der Waals surface area contributed by atoms with Crippen LogP contribution in [0.15, 0.2) is 65.6 Å². The standard InChI is InChI=1S/C17H18FNO4S/c1-2-23-17(20)15(18)16(13-9-5-3-6-10-13)19-24(21,22)14-11-7-4-8-12-14/h3-12,15-16,19H,2H2,1H3/t15-,16+/m0/s1. The fourth-order valence-electron chi connectivity index (χ4n) is 2.15. The maximum atomic E-state index is 14.6. The lowest BCUT2D eigenvalue weighted by molar-refractivity contribution is -0.150. The second-order valence-electron chi connectivity index (χ2n) is 4.98. The summed E-state index contributed by atoms with van der Waals surface area (Å²) in [5.74, 6) is -1.11. The minimum Gasteiger partial charge on any atom is -0.464 e. The van der Waals surface area contributed by atoms with E-state index in [-0.39, 0.29) is 11.5 Å². The molecule has 2 aromatic carbocycles. The topological polar surface area (TPSA) is 72.5 Å². The molecule has 0 radical (unpaired) electrons. The molecule has 2 aromatic rings. The first kappa shape index (κ1) is 18.1. The van der Waals surface area contributed by atoms with Crippen LogP contribution >= 0.6 is 0 Å². The molecule has 0 heterocycles. The highest BCUT2D eigenvalue weighted by molar-refractivity contribution is 7.89. The Bertz CT molecular complexity index is 766. The second kappa shape index (κ2) is 8.03. The summed E-state index contributed by atoms with van der Waals surface area (Å²) in [4.78, 5) is 11.7. The van der Waals surface area contributed by atoms with Gasteiger partial charge in [-0.25, -0.2) is 22.3 Å². The maximum absolute atomic E-state index is 14.6. The Morgan fingerprint density at radius 3 is 2.17 bits per heavy atom. The smallest absolute Gasteiger partial charge is 0.342 e. The predicted octanol–water partition coefficient (Wildman–Crippen LogP) is 2.61. The number of ether oxygens (including phenoxy) is 1. The molecule has 0 aliphatic carbocycles. The molecular weight excluding hydrogens is 333 g/mol. The van der Waals surface area contributed by atoms with Gasteiger partial charge < -0.3 is 4.74 Å². The molecule has 5 nitrogen and oxygen atoms in total. The number of benzene rings is 2. The first-order valence-corrected chi connectivity index (χ1v) is 8.87. The van der Waals surface area contributed by atoms with Crippen LogP contribution in [0.5, 0.6) is 0 Å². The van der Waals surface area contributed by atoms with Crippen molar-refractivity contribution in [3.05, 3.63) is 66.2 Å². The number of esters is 1. The van der Waals surface area contributed by atoms with Crippen LogP contribution in [0.4, 0.5) is 4.39 Å². The molecule has 128 valence electrons. The van der Waals surface area contributed by atoms with Crippen molar-refractivity contribution in [3.8, 4) is 0 Å². The van der Waals surface area contributed by atoms with Crippen LogP contribution in [0.2, 0.25) is 0 Å². The molecule has 24 heavy (non-hydrogen) atoms. The van der Waals surface area contributed by atoms with Gasteiger partial charge in [0.25, 0.3) is 0 Å². The van der Waals surface area contributed by atoms with Crippen LogP contribution in [0.25, 0.3) is 0 Å². The van der Waals surface area contributed by atoms with E-state index in [2.05, 4.69) is 9.46 Å². The summed E-state index contributed by atoms with van der Waals surface area (Å²) in [5, 5.41) is 0. The molecule has 0 spiro atoms. The lowest BCUT2D eigenvalue weighted by Gasteiger charge is -2.21. The van der Waals surface area contributed by atoms with Crippen LogP contribution in [-0.4, -0.2) is 27.2 Å². The lowest BCUT2D eigenvalue weighted by Crippen LogP contribution is -2.38. The van der Waals surface area contributed by atoms with Crippen LogP contribution in [0, 0.1) is 0 Å². The largest absolute Gasteiger partial charge is 0.464 e. The van der Waals surface area contributed by atoms with Crippen molar-refractivity contribution in [1.29, 1.82) is 0 Å². The van der Waals surface area contributed by atoms with Gasteiger partial charge in [0.2, 0.25) is 16.2 Å². The maximum Gasteiger partial charge on any atom is 0.342 e. The molecule has 2 atom stereocenters. The van der Waals surface area contributed by atoms with Gasteiger partial charge in [-0.3, -0.25) is 0 Å². The third kappa shape index (κ3) is 4.39. The number of hydrogen-bond acceptors (Lipinski definition) is 4. The molecule has 0 amide bonds. The lowest BCUT2D eigenvalue weighted by atomic mass is 10.0. The highest BCUT2D eigenvalue weighted by atomic mass is 32.2. The minimum absolute atomic E-state index is 0.00615. The van der Waals surface area contributed by atoms with Crippen LogP contribution in [0.1, 0.15) is 18.5 Å². The number of nitrogens with one attached hydrogen (secondary N) is 1. The van der Waals surface area contributed by atoms with E-state index in [4.69, 9.17) is 0 Å². The number of sulfonamides is 1. The minimum atomic E-state index is -4.00. The molecule has 0 fully saturated rings. The van der Waals surface area contributed by atoms with Crippen molar-refractivity contribution >= 4 is 16.0 Å². The number of alkyl halides is 1. The zero-order valence-electron chi connectivity index (χ0n) is 13.1. The van der Waals surface area contributed by atoms with Gasteiger partial charge in [0.05, 0.1) is 17.5 Å². The summed E-state index contributed by atoms with van der Waals surface area (Å²) in [7, 11) is -4.00. The number of hydrogen-bond donors (Lipinski definition) is 1. The van der Waals surface area contributed by atoms with Gasteiger partial charge in [0.15, 0.2) is 0 Å².